The van der Waals surface area contributed by atoms with E-state index in [1.165, 1.54) is 5.46 Å². The van der Waals surface area contributed by atoms with Gasteiger partial charge in [-0.3, -0.25) is 0 Å². The molecule has 0 amide bonds. The Bertz CT molecular complexity index is 934. The van der Waals surface area contributed by atoms with E-state index in [0.29, 0.717) is 0 Å². The largest absolute Gasteiger partial charge is 0.344 e. The second-order valence-corrected chi connectivity index (χ2v) is 6.11. The van der Waals surface area contributed by atoms with Gasteiger partial charge in [0.1, 0.15) is 19.8 Å². The zero-order valence-electron chi connectivity index (χ0n) is 14.1. The molecule has 1 N–H and O–H groups in total. The van der Waals surface area contributed by atoms with Crippen molar-refractivity contribution in [2.24, 2.45) is 9.98 Å². The number of benzene rings is 3. The van der Waals surface area contributed by atoms with Crippen molar-refractivity contribution in [3.05, 3.63) is 102 Å². The van der Waals surface area contributed by atoms with Gasteiger partial charge in [0.2, 0.25) is 0 Å². The summed E-state index contributed by atoms with van der Waals surface area (Å²) in [4.78, 5) is 9.63. The number of nitrogens with zero attached hydrogens (tertiary/aromatic N) is 2. The average molecular weight is 323 g/mol. The maximum atomic E-state index is 4.84. The molecule has 0 aromatic heterocycles. The summed E-state index contributed by atoms with van der Waals surface area (Å²) in [6.07, 6.45) is -0.149. The Labute approximate surface area is 148 Å². The van der Waals surface area contributed by atoms with E-state index in [2.05, 4.69) is 49.6 Å². The number of aliphatic imine (C=N–C) groups is 2. The monoisotopic (exact) mass is 323 g/mol. The molecule has 4 heteroatoms. The van der Waals surface area contributed by atoms with E-state index >= 15 is 0 Å². The summed E-state index contributed by atoms with van der Waals surface area (Å²) in [6, 6.07) is 28.7. The Balaban J connectivity index is 1.79. The number of hydrogen-bond acceptors (Lipinski definition) is 3. The third-order valence-corrected chi connectivity index (χ3v) is 4.18. The Morgan fingerprint density at radius 1 is 0.760 bits per heavy atom. The van der Waals surface area contributed by atoms with Crippen molar-refractivity contribution in [3.8, 4) is 0 Å². The zero-order chi connectivity index (χ0) is 17.1. The predicted molar refractivity (Wildman–Crippen MR) is 106 cm³/mol. The molecule has 0 saturated heterocycles. The van der Waals surface area contributed by atoms with Crippen molar-refractivity contribution in [2.75, 3.05) is 0 Å². The van der Waals surface area contributed by atoms with Gasteiger partial charge in [-0.25, -0.2) is 9.98 Å². The fourth-order valence-electron chi connectivity index (χ4n) is 2.91. The molecule has 1 heterocycles. The van der Waals surface area contributed by atoms with Crippen LogP contribution < -0.4 is 10.8 Å². The first kappa shape index (κ1) is 15.4. The third-order valence-electron chi connectivity index (χ3n) is 4.18. The molecule has 3 aromatic carbocycles. The Morgan fingerprint density at radius 3 is 2.16 bits per heavy atom. The van der Waals surface area contributed by atoms with Crippen LogP contribution in [0.3, 0.4) is 0 Å². The van der Waals surface area contributed by atoms with E-state index in [1.807, 2.05) is 48.5 Å². The zero-order valence-corrected chi connectivity index (χ0v) is 14.1. The van der Waals surface area contributed by atoms with E-state index in [-0.39, 0.29) is 6.17 Å². The number of amidine groups is 2. The van der Waals surface area contributed by atoms with E-state index in [1.54, 1.807) is 0 Å². The fraction of sp³-hybridized carbons (Fsp3) is 0.0476. The first-order valence-electron chi connectivity index (χ1n) is 8.40. The molecule has 1 atom stereocenters. The highest BCUT2D eigenvalue weighted by Crippen LogP contribution is 2.21. The van der Waals surface area contributed by atoms with Crippen molar-refractivity contribution in [1.29, 1.82) is 0 Å². The molecule has 3 nitrogen and oxygen atoms in total. The molecular formula is C21H18BN3. The standard InChI is InChI=1S/C21H18BN3/c22-18-13-7-12-17(14-18)21-24-19(15-8-3-1-4-9-15)23-20(25-21)16-10-5-2-6-11-16/h1-14,19H,22H2,(H,23,24,25). The summed E-state index contributed by atoms with van der Waals surface area (Å²) in [5, 5.41) is 3.48. The van der Waals surface area contributed by atoms with Crippen molar-refractivity contribution >= 4 is 25.0 Å². The van der Waals surface area contributed by atoms with Crippen LogP contribution in [0, 0.1) is 0 Å². The van der Waals surface area contributed by atoms with Crippen molar-refractivity contribution < 1.29 is 0 Å². The lowest BCUT2D eigenvalue weighted by molar-refractivity contribution is 0.674. The SMILES string of the molecule is Bc1cccc(C2=NC(c3ccccc3)=NC(c3ccccc3)N2)c1. The molecular weight excluding hydrogens is 305 g/mol. The van der Waals surface area contributed by atoms with Crippen molar-refractivity contribution in [2.45, 2.75) is 6.17 Å². The van der Waals surface area contributed by atoms with Crippen LogP contribution >= 0.6 is 0 Å². The van der Waals surface area contributed by atoms with Crippen LogP contribution in [0.1, 0.15) is 22.9 Å². The lowest BCUT2D eigenvalue weighted by Crippen LogP contribution is -2.34. The molecule has 25 heavy (non-hydrogen) atoms. The molecule has 120 valence electrons. The lowest BCUT2D eigenvalue weighted by Gasteiger charge is -2.23. The Morgan fingerprint density at radius 2 is 1.44 bits per heavy atom. The van der Waals surface area contributed by atoms with Gasteiger partial charge in [0.15, 0.2) is 5.84 Å². The maximum Gasteiger partial charge on any atom is 0.159 e. The summed E-state index contributed by atoms with van der Waals surface area (Å²) in [5.74, 6) is 1.61. The molecule has 1 aliphatic rings. The summed E-state index contributed by atoms with van der Waals surface area (Å²) in [7, 11) is 2.09. The van der Waals surface area contributed by atoms with Gasteiger partial charge >= 0.3 is 0 Å². The lowest BCUT2D eigenvalue weighted by atomic mass is 9.94. The first-order chi connectivity index (χ1) is 12.3. The summed E-state index contributed by atoms with van der Waals surface area (Å²) >= 11 is 0. The van der Waals surface area contributed by atoms with Crippen molar-refractivity contribution in [1.82, 2.24) is 5.32 Å². The second kappa shape index (κ2) is 6.77. The smallest absolute Gasteiger partial charge is 0.159 e. The number of nitrogens with one attached hydrogen (secondary N) is 1. The molecule has 0 spiro atoms. The highest BCUT2D eigenvalue weighted by molar-refractivity contribution is 6.32. The molecule has 0 aliphatic carbocycles. The summed E-state index contributed by atoms with van der Waals surface area (Å²) in [5.41, 5.74) is 4.43. The minimum Gasteiger partial charge on any atom is -0.344 e. The van der Waals surface area contributed by atoms with E-state index in [4.69, 9.17) is 9.98 Å². The van der Waals surface area contributed by atoms with Gasteiger partial charge in [0, 0.05) is 11.1 Å². The topological polar surface area (TPSA) is 36.8 Å². The van der Waals surface area contributed by atoms with Crippen LogP contribution in [-0.4, -0.2) is 19.5 Å². The average Bonchev–Trinajstić information content (AvgIpc) is 2.69. The minimum atomic E-state index is -0.149. The highest BCUT2D eigenvalue weighted by atomic mass is 15.2. The number of hydrogen-bond donors (Lipinski definition) is 1. The summed E-state index contributed by atoms with van der Waals surface area (Å²) < 4.78 is 0. The quantitative estimate of drug-likeness (QED) is 0.739. The molecule has 3 aromatic rings. The molecule has 0 fully saturated rings. The molecule has 1 aliphatic heterocycles. The fourth-order valence-corrected chi connectivity index (χ4v) is 2.91. The normalized spacial score (nSPS) is 16.6. The van der Waals surface area contributed by atoms with E-state index in [0.717, 1.165) is 28.4 Å². The van der Waals surface area contributed by atoms with Crippen molar-refractivity contribution in [3.63, 3.8) is 0 Å². The van der Waals surface area contributed by atoms with Crippen LogP contribution in [0.5, 0.6) is 0 Å². The van der Waals surface area contributed by atoms with Gasteiger partial charge in [-0.2, -0.15) is 0 Å². The van der Waals surface area contributed by atoms with Crippen LogP contribution in [0.25, 0.3) is 0 Å². The van der Waals surface area contributed by atoms with E-state index in [9.17, 15) is 0 Å². The third kappa shape index (κ3) is 3.38. The van der Waals surface area contributed by atoms with Crippen LogP contribution in [0.2, 0.25) is 0 Å². The molecule has 0 radical (unpaired) electrons. The van der Waals surface area contributed by atoms with Crippen LogP contribution in [0.4, 0.5) is 0 Å². The first-order valence-corrected chi connectivity index (χ1v) is 8.40. The van der Waals surface area contributed by atoms with Gasteiger partial charge in [-0.15, -0.1) is 0 Å². The van der Waals surface area contributed by atoms with Gasteiger partial charge in [-0.1, -0.05) is 90.4 Å². The minimum absolute atomic E-state index is 0.149. The molecule has 0 saturated carbocycles. The van der Waals surface area contributed by atoms with E-state index < -0.39 is 0 Å². The van der Waals surface area contributed by atoms with Crippen LogP contribution in [0.15, 0.2) is 94.9 Å². The Hall–Kier alpha value is -3.14. The summed E-state index contributed by atoms with van der Waals surface area (Å²) in [6.45, 7) is 0. The van der Waals surface area contributed by atoms with Gasteiger partial charge < -0.3 is 5.32 Å². The molecule has 0 bridgehead atoms. The molecule has 1 unspecified atom stereocenters. The van der Waals surface area contributed by atoms with Gasteiger partial charge in [0.05, 0.1) is 0 Å². The molecule has 4 rings (SSSR count). The highest BCUT2D eigenvalue weighted by Gasteiger charge is 2.20. The van der Waals surface area contributed by atoms with Crippen LogP contribution in [-0.2, 0) is 0 Å². The predicted octanol–water partition coefficient (Wildman–Crippen LogP) is 2.44. The van der Waals surface area contributed by atoms with Gasteiger partial charge in [0.25, 0.3) is 0 Å². The Kier molecular flexibility index (Phi) is 4.17. The second-order valence-electron chi connectivity index (χ2n) is 6.11. The maximum absolute atomic E-state index is 4.84. The number of rotatable bonds is 3. The van der Waals surface area contributed by atoms with Gasteiger partial charge in [-0.05, 0) is 5.56 Å².